The smallest absolute Gasteiger partial charge is 0.137 e. The molecular weight excluding hydrogens is 619 g/mol. The molecule has 0 radical (unpaired) electrons. The average Bonchev–Trinajstić information content (AvgIpc) is 3.79. The van der Waals surface area contributed by atoms with Crippen molar-refractivity contribution in [1.82, 2.24) is 4.57 Å². The molecule has 0 atom stereocenters. The van der Waals surface area contributed by atoms with Crippen molar-refractivity contribution in [3.8, 4) is 39.1 Å². The summed E-state index contributed by atoms with van der Waals surface area (Å²) in [6.45, 7) is 4.77. The molecule has 240 valence electrons. The Morgan fingerprint density at radius 3 is 2.08 bits per heavy atom. The lowest BCUT2D eigenvalue weighted by molar-refractivity contribution is 0.661. The first kappa shape index (κ1) is 28.5. The average molecular weight is 652 g/mol. The third-order valence-corrected chi connectivity index (χ3v) is 11.4. The van der Waals surface area contributed by atoms with E-state index < -0.39 is 0 Å². The molecule has 0 spiro atoms. The molecule has 11 rings (SSSR count). The fraction of sp³-hybridized carbons (Fsp3) is 0.0612. The highest BCUT2D eigenvalue weighted by Crippen LogP contribution is 2.52. The maximum absolute atomic E-state index is 6.46. The summed E-state index contributed by atoms with van der Waals surface area (Å²) in [7, 11) is 0. The summed E-state index contributed by atoms with van der Waals surface area (Å²) < 4.78 is 8.94. The van der Waals surface area contributed by atoms with E-state index in [9.17, 15) is 0 Å². The number of hydrogen-bond acceptors (Lipinski definition) is 1. The normalized spacial score (nSPS) is 13.5. The summed E-state index contributed by atoms with van der Waals surface area (Å²) >= 11 is 0. The number of hydrogen-bond donors (Lipinski definition) is 0. The van der Waals surface area contributed by atoms with E-state index in [1.165, 1.54) is 77.1 Å². The summed E-state index contributed by atoms with van der Waals surface area (Å²) in [5.41, 5.74) is 15.5. The predicted octanol–water partition coefficient (Wildman–Crippen LogP) is 13.5. The van der Waals surface area contributed by atoms with Crippen molar-refractivity contribution in [2.45, 2.75) is 19.3 Å². The molecule has 0 saturated heterocycles. The molecule has 1 aliphatic rings. The monoisotopic (exact) mass is 651 g/mol. The van der Waals surface area contributed by atoms with Crippen molar-refractivity contribution in [3.63, 3.8) is 0 Å². The van der Waals surface area contributed by atoms with Crippen molar-refractivity contribution in [3.05, 3.63) is 175 Å². The standard InChI is InChI=1S/C49H33NO/c1-49(2)42-27-35(34-20-19-31-13-6-7-14-32(31)25-34)21-22-37(42)40-29-44-41(28-43(40)49)38-23-24-46-47(39-17-8-9-18-45(39)51-46)48(38)50(44)36-16-10-15-33(26-36)30-11-4-3-5-12-30/h3-29H,1-2H3. The molecular formula is C49H33NO. The predicted molar refractivity (Wildman–Crippen MR) is 214 cm³/mol. The van der Waals surface area contributed by atoms with Crippen LogP contribution in [0.25, 0.3) is 93.6 Å². The van der Waals surface area contributed by atoms with Crippen LogP contribution in [0.2, 0.25) is 0 Å². The van der Waals surface area contributed by atoms with Gasteiger partial charge >= 0.3 is 0 Å². The van der Waals surface area contributed by atoms with Gasteiger partial charge in [0.15, 0.2) is 0 Å². The second-order valence-corrected chi connectivity index (χ2v) is 14.5. The second kappa shape index (κ2) is 10.3. The van der Waals surface area contributed by atoms with E-state index >= 15 is 0 Å². The molecule has 2 heterocycles. The maximum Gasteiger partial charge on any atom is 0.137 e. The fourth-order valence-corrected chi connectivity index (χ4v) is 8.81. The van der Waals surface area contributed by atoms with E-state index in [4.69, 9.17) is 4.42 Å². The lowest BCUT2D eigenvalue weighted by Gasteiger charge is -2.22. The molecule has 1 aliphatic carbocycles. The fourth-order valence-electron chi connectivity index (χ4n) is 8.81. The van der Waals surface area contributed by atoms with E-state index in [-0.39, 0.29) is 5.41 Å². The topological polar surface area (TPSA) is 18.1 Å². The van der Waals surface area contributed by atoms with Gasteiger partial charge in [-0.25, -0.2) is 0 Å². The Morgan fingerprint density at radius 1 is 0.451 bits per heavy atom. The third kappa shape index (κ3) is 4.05. The van der Waals surface area contributed by atoms with Crippen molar-refractivity contribution < 1.29 is 4.42 Å². The molecule has 0 bridgehead atoms. The van der Waals surface area contributed by atoms with E-state index in [0.717, 1.165) is 27.6 Å². The zero-order valence-corrected chi connectivity index (χ0v) is 28.4. The van der Waals surface area contributed by atoms with Crippen LogP contribution in [0.15, 0.2) is 168 Å². The number of benzene rings is 8. The largest absolute Gasteiger partial charge is 0.456 e. The summed E-state index contributed by atoms with van der Waals surface area (Å²) in [6.07, 6.45) is 0. The highest BCUT2D eigenvalue weighted by Gasteiger charge is 2.37. The van der Waals surface area contributed by atoms with Gasteiger partial charge in [0, 0.05) is 27.3 Å². The van der Waals surface area contributed by atoms with Crippen LogP contribution in [0.1, 0.15) is 25.0 Å². The van der Waals surface area contributed by atoms with Crippen LogP contribution in [-0.2, 0) is 5.41 Å². The van der Waals surface area contributed by atoms with Crippen LogP contribution in [0.3, 0.4) is 0 Å². The Bertz CT molecular complexity index is 3050. The molecule has 0 N–H and O–H groups in total. The molecule has 2 nitrogen and oxygen atoms in total. The third-order valence-electron chi connectivity index (χ3n) is 11.4. The molecule has 0 fully saturated rings. The number of para-hydroxylation sites is 1. The Kier molecular flexibility index (Phi) is 5.76. The van der Waals surface area contributed by atoms with Crippen molar-refractivity contribution in [2.75, 3.05) is 0 Å². The minimum absolute atomic E-state index is 0.167. The summed E-state index contributed by atoms with van der Waals surface area (Å²) in [4.78, 5) is 0. The Balaban J connectivity index is 1.19. The SMILES string of the molecule is CC1(C)c2cc(-c3ccc4ccccc4c3)ccc2-c2cc3c(cc21)c1ccc2oc4ccccc4c2c1n3-c1cccc(-c2ccccc2)c1. The maximum atomic E-state index is 6.46. The molecule has 0 unspecified atom stereocenters. The first-order valence-corrected chi connectivity index (χ1v) is 17.8. The first-order valence-electron chi connectivity index (χ1n) is 17.8. The quantitative estimate of drug-likeness (QED) is 0.186. The lowest BCUT2D eigenvalue weighted by atomic mass is 9.81. The van der Waals surface area contributed by atoms with E-state index in [1.807, 2.05) is 0 Å². The van der Waals surface area contributed by atoms with E-state index in [0.29, 0.717) is 0 Å². The van der Waals surface area contributed by atoms with Crippen LogP contribution in [0, 0.1) is 0 Å². The zero-order chi connectivity index (χ0) is 33.8. The van der Waals surface area contributed by atoms with Crippen molar-refractivity contribution in [2.24, 2.45) is 0 Å². The van der Waals surface area contributed by atoms with Crippen LogP contribution in [0.4, 0.5) is 0 Å². The van der Waals surface area contributed by atoms with Crippen LogP contribution < -0.4 is 0 Å². The second-order valence-electron chi connectivity index (χ2n) is 14.5. The number of nitrogens with zero attached hydrogens (tertiary/aromatic N) is 1. The van der Waals surface area contributed by atoms with Gasteiger partial charge in [-0.1, -0.05) is 123 Å². The Labute approximate surface area is 295 Å². The van der Waals surface area contributed by atoms with Crippen molar-refractivity contribution in [1.29, 1.82) is 0 Å². The lowest BCUT2D eigenvalue weighted by Crippen LogP contribution is -2.15. The van der Waals surface area contributed by atoms with Gasteiger partial charge in [-0.3, -0.25) is 0 Å². The van der Waals surface area contributed by atoms with Gasteiger partial charge in [0.25, 0.3) is 0 Å². The molecule has 51 heavy (non-hydrogen) atoms. The Morgan fingerprint density at radius 2 is 1.18 bits per heavy atom. The van der Waals surface area contributed by atoms with E-state index in [2.05, 4.69) is 182 Å². The number of furan rings is 1. The van der Waals surface area contributed by atoms with Gasteiger partial charge in [0.05, 0.1) is 16.4 Å². The molecule has 8 aromatic carbocycles. The van der Waals surface area contributed by atoms with Crippen LogP contribution in [0.5, 0.6) is 0 Å². The van der Waals surface area contributed by atoms with Crippen molar-refractivity contribution >= 4 is 54.5 Å². The summed E-state index contributed by atoms with van der Waals surface area (Å²) in [5.74, 6) is 0. The minimum atomic E-state index is -0.167. The molecule has 0 amide bonds. The van der Waals surface area contributed by atoms with Crippen LogP contribution in [-0.4, -0.2) is 4.57 Å². The van der Waals surface area contributed by atoms with Gasteiger partial charge < -0.3 is 8.98 Å². The van der Waals surface area contributed by atoms with Gasteiger partial charge in [-0.15, -0.1) is 0 Å². The molecule has 10 aromatic rings. The molecule has 0 aliphatic heterocycles. The van der Waals surface area contributed by atoms with Gasteiger partial charge in [-0.2, -0.15) is 0 Å². The van der Waals surface area contributed by atoms with Gasteiger partial charge in [0.2, 0.25) is 0 Å². The summed E-state index contributed by atoms with van der Waals surface area (Å²) in [6, 6.07) is 59.9. The number of aromatic nitrogens is 1. The number of fused-ring (bicyclic) bond motifs is 11. The van der Waals surface area contributed by atoms with Crippen LogP contribution >= 0.6 is 0 Å². The zero-order valence-electron chi connectivity index (χ0n) is 28.4. The molecule has 2 aromatic heterocycles. The Hall–Kier alpha value is -6.38. The molecule has 0 saturated carbocycles. The summed E-state index contributed by atoms with van der Waals surface area (Å²) in [5, 5.41) is 7.33. The van der Waals surface area contributed by atoms with E-state index in [1.54, 1.807) is 0 Å². The van der Waals surface area contributed by atoms with Gasteiger partial charge in [0.1, 0.15) is 11.2 Å². The highest BCUT2D eigenvalue weighted by atomic mass is 16.3. The van der Waals surface area contributed by atoms with Gasteiger partial charge in [-0.05, 0) is 110 Å². The number of rotatable bonds is 3. The highest BCUT2D eigenvalue weighted by molar-refractivity contribution is 6.25. The minimum Gasteiger partial charge on any atom is -0.456 e. The molecule has 2 heteroatoms. The first-order chi connectivity index (χ1) is 25.0.